The highest BCUT2D eigenvalue weighted by Gasteiger charge is 2.25. The summed E-state index contributed by atoms with van der Waals surface area (Å²) in [7, 11) is 0. The molecule has 2 amide bonds. The summed E-state index contributed by atoms with van der Waals surface area (Å²) in [5.41, 5.74) is 0.870. The third-order valence-electron chi connectivity index (χ3n) is 3.82. The van der Waals surface area contributed by atoms with Gasteiger partial charge in [-0.05, 0) is 31.9 Å². The maximum Gasteiger partial charge on any atom is 0.315 e. The molecule has 26 heavy (non-hydrogen) atoms. The monoisotopic (exact) mass is 370 g/mol. The second-order valence-corrected chi connectivity index (χ2v) is 6.73. The van der Waals surface area contributed by atoms with Crippen LogP contribution in [0.15, 0.2) is 30.3 Å². The Morgan fingerprint density at radius 1 is 1.23 bits per heavy atom. The van der Waals surface area contributed by atoms with Crippen LogP contribution >= 0.6 is 11.3 Å². The van der Waals surface area contributed by atoms with E-state index in [0.29, 0.717) is 5.13 Å². The summed E-state index contributed by atoms with van der Waals surface area (Å²) < 4.78 is 0. The van der Waals surface area contributed by atoms with E-state index in [0.717, 1.165) is 23.4 Å². The van der Waals surface area contributed by atoms with Gasteiger partial charge in [0.2, 0.25) is 5.13 Å². The smallest absolute Gasteiger partial charge is 0.315 e. The summed E-state index contributed by atoms with van der Waals surface area (Å²) in [5.74, 6) is 4.66. The number of nitrogens with one attached hydrogen (secondary N) is 1. The normalized spacial score (nSPS) is 11.2. The molecule has 0 bridgehead atoms. The van der Waals surface area contributed by atoms with E-state index in [2.05, 4.69) is 27.4 Å². The molecule has 0 aliphatic carbocycles. The fourth-order valence-electron chi connectivity index (χ4n) is 2.12. The lowest BCUT2D eigenvalue weighted by Crippen LogP contribution is -2.44. The Morgan fingerprint density at radius 3 is 2.58 bits per heavy atom. The summed E-state index contributed by atoms with van der Waals surface area (Å²) in [6.07, 6.45) is 1.46. The van der Waals surface area contributed by atoms with E-state index in [9.17, 15) is 9.59 Å². The van der Waals surface area contributed by atoms with Crippen molar-refractivity contribution in [3.05, 3.63) is 40.9 Å². The van der Waals surface area contributed by atoms with Gasteiger partial charge in [0.05, 0.1) is 6.54 Å². The first-order valence-electron chi connectivity index (χ1n) is 8.53. The van der Waals surface area contributed by atoms with Crippen molar-refractivity contribution in [2.24, 2.45) is 0 Å². The maximum atomic E-state index is 12.6. The minimum absolute atomic E-state index is 0.0982. The zero-order chi connectivity index (χ0) is 18.9. The molecule has 1 heterocycles. The van der Waals surface area contributed by atoms with Gasteiger partial charge in [0.15, 0.2) is 0 Å². The number of aromatic nitrogens is 2. The molecule has 0 fully saturated rings. The van der Waals surface area contributed by atoms with Gasteiger partial charge in [-0.25, -0.2) is 0 Å². The van der Waals surface area contributed by atoms with Crippen molar-refractivity contribution in [2.75, 3.05) is 11.9 Å². The van der Waals surface area contributed by atoms with Crippen molar-refractivity contribution < 1.29 is 9.59 Å². The van der Waals surface area contributed by atoms with Crippen LogP contribution in [0.5, 0.6) is 0 Å². The predicted molar refractivity (Wildman–Crippen MR) is 103 cm³/mol. The zero-order valence-corrected chi connectivity index (χ0v) is 16.0. The SMILES string of the molecule is CCc1nnc(NC(=O)C(=O)N(CC#Cc2ccccc2)[C@H](C)CC)s1. The molecule has 0 saturated carbocycles. The molecular formula is C19H22N4O2S. The van der Waals surface area contributed by atoms with E-state index in [4.69, 9.17) is 0 Å². The molecule has 136 valence electrons. The van der Waals surface area contributed by atoms with Crippen LogP contribution in [0.4, 0.5) is 5.13 Å². The van der Waals surface area contributed by atoms with Gasteiger partial charge in [-0.15, -0.1) is 10.2 Å². The third-order valence-corrected chi connectivity index (χ3v) is 4.81. The van der Waals surface area contributed by atoms with Crippen LogP contribution in [-0.2, 0) is 16.0 Å². The molecule has 6 nitrogen and oxygen atoms in total. The van der Waals surface area contributed by atoms with Gasteiger partial charge in [-0.3, -0.25) is 14.9 Å². The van der Waals surface area contributed by atoms with Crippen LogP contribution in [0.1, 0.15) is 37.8 Å². The Bertz CT molecular complexity index is 808. The van der Waals surface area contributed by atoms with Crippen molar-refractivity contribution in [1.29, 1.82) is 0 Å². The number of anilines is 1. The molecule has 0 aliphatic rings. The number of rotatable bonds is 5. The quantitative estimate of drug-likeness (QED) is 0.649. The van der Waals surface area contributed by atoms with Crippen LogP contribution in [-0.4, -0.2) is 39.5 Å². The van der Waals surface area contributed by atoms with Crippen molar-refractivity contribution in [3.8, 4) is 11.8 Å². The maximum absolute atomic E-state index is 12.6. The number of carbonyl (C=O) groups is 2. The molecule has 0 aliphatic heterocycles. The standard InChI is InChI=1S/C19H22N4O2S/c1-4-14(3)23(13-9-12-15-10-7-6-8-11-15)18(25)17(24)20-19-22-21-16(5-2)26-19/h6-8,10-11,14H,4-5,13H2,1-3H3,(H,20,22,24)/t14-/m1/s1. The number of benzene rings is 1. The second kappa shape index (κ2) is 9.68. The number of amides is 2. The van der Waals surface area contributed by atoms with Crippen molar-refractivity contribution in [3.63, 3.8) is 0 Å². The Morgan fingerprint density at radius 2 is 1.96 bits per heavy atom. The first-order chi connectivity index (χ1) is 12.5. The summed E-state index contributed by atoms with van der Waals surface area (Å²) in [5, 5.41) is 11.5. The number of carbonyl (C=O) groups excluding carboxylic acids is 2. The highest BCUT2D eigenvalue weighted by Crippen LogP contribution is 2.15. The highest BCUT2D eigenvalue weighted by atomic mass is 32.1. The summed E-state index contributed by atoms with van der Waals surface area (Å²) >= 11 is 1.27. The summed E-state index contributed by atoms with van der Waals surface area (Å²) in [4.78, 5) is 26.3. The van der Waals surface area contributed by atoms with Gasteiger partial charge < -0.3 is 4.90 Å². The number of hydrogen-bond donors (Lipinski definition) is 1. The molecule has 0 radical (unpaired) electrons. The van der Waals surface area contributed by atoms with E-state index in [1.807, 2.05) is 51.1 Å². The topological polar surface area (TPSA) is 75.2 Å². The molecule has 2 aromatic rings. The lowest BCUT2D eigenvalue weighted by atomic mass is 10.2. The van der Waals surface area contributed by atoms with Gasteiger partial charge in [-0.1, -0.05) is 55.2 Å². The second-order valence-electron chi connectivity index (χ2n) is 5.67. The van der Waals surface area contributed by atoms with Gasteiger partial charge in [0.25, 0.3) is 0 Å². The Balaban J connectivity index is 2.06. The fourth-order valence-corrected chi connectivity index (χ4v) is 2.80. The molecule has 1 atom stereocenters. The molecule has 2 rings (SSSR count). The van der Waals surface area contributed by atoms with E-state index in [1.54, 1.807) is 0 Å². The van der Waals surface area contributed by atoms with Crippen LogP contribution < -0.4 is 5.32 Å². The van der Waals surface area contributed by atoms with Gasteiger partial charge in [-0.2, -0.15) is 0 Å². The van der Waals surface area contributed by atoms with Crippen LogP contribution in [0.2, 0.25) is 0 Å². The van der Waals surface area contributed by atoms with Crippen molar-refractivity contribution in [1.82, 2.24) is 15.1 Å². The lowest BCUT2D eigenvalue weighted by molar-refractivity contribution is -0.144. The molecule has 1 aromatic heterocycles. The molecule has 7 heteroatoms. The van der Waals surface area contributed by atoms with Gasteiger partial charge >= 0.3 is 11.8 Å². The Labute approximate surface area is 157 Å². The molecular weight excluding hydrogens is 348 g/mol. The predicted octanol–water partition coefficient (Wildman–Crippen LogP) is 2.72. The average Bonchev–Trinajstić information content (AvgIpc) is 3.12. The Hall–Kier alpha value is -2.72. The molecule has 0 unspecified atom stereocenters. The van der Waals surface area contributed by atoms with Gasteiger partial charge in [0.1, 0.15) is 5.01 Å². The van der Waals surface area contributed by atoms with E-state index in [-0.39, 0.29) is 12.6 Å². The Kier molecular flexibility index (Phi) is 7.30. The lowest BCUT2D eigenvalue weighted by Gasteiger charge is -2.25. The largest absolute Gasteiger partial charge is 0.321 e. The summed E-state index contributed by atoms with van der Waals surface area (Å²) in [6.45, 7) is 6.00. The minimum atomic E-state index is -0.717. The van der Waals surface area contributed by atoms with Gasteiger partial charge in [0, 0.05) is 11.6 Å². The molecule has 1 aromatic carbocycles. The average molecular weight is 370 g/mol. The van der Waals surface area contributed by atoms with E-state index >= 15 is 0 Å². The number of hydrogen-bond acceptors (Lipinski definition) is 5. The minimum Gasteiger partial charge on any atom is -0.321 e. The van der Waals surface area contributed by atoms with Crippen molar-refractivity contribution in [2.45, 2.75) is 39.7 Å². The highest BCUT2D eigenvalue weighted by molar-refractivity contribution is 7.15. The number of aryl methyl sites for hydroxylation is 1. The van der Waals surface area contributed by atoms with E-state index < -0.39 is 11.8 Å². The van der Waals surface area contributed by atoms with E-state index in [1.165, 1.54) is 16.2 Å². The first-order valence-corrected chi connectivity index (χ1v) is 9.35. The molecule has 0 saturated heterocycles. The number of nitrogens with zero attached hydrogens (tertiary/aromatic N) is 3. The molecule has 0 spiro atoms. The zero-order valence-electron chi connectivity index (χ0n) is 15.2. The summed E-state index contributed by atoms with van der Waals surface area (Å²) in [6, 6.07) is 9.43. The van der Waals surface area contributed by atoms with Crippen molar-refractivity contribution >= 4 is 28.3 Å². The molecule has 1 N–H and O–H groups in total. The first kappa shape index (κ1) is 19.6. The third kappa shape index (κ3) is 5.39. The van der Waals surface area contributed by atoms with Crippen LogP contribution in [0.3, 0.4) is 0 Å². The van der Waals surface area contributed by atoms with Crippen LogP contribution in [0, 0.1) is 11.8 Å². The fraction of sp³-hybridized carbons (Fsp3) is 0.368. The van der Waals surface area contributed by atoms with Crippen LogP contribution in [0.25, 0.3) is 0 Å².